The van der Waals surface area contributed by atoms with E-state index >= 15 is 0 Å². The number of nitro benzene ring substituents is 1. The quantitative estimate of drug-likeness (QED) is 0.281. The van der Waals surface area contributed by atoms with Gasteiger partial charge in [-0.1, -0.05) is 29.8 Å². The van der Waals surface area contributed by atoms with Crippen molar-refractivity contribution < 1.29 is 9.72 Å². The second-order valence-electron chi connectivity index (χ2n) is 6.47. The number of halogens is 1. The lowest BCUT2D eigenvalue weighted by molar-refractivity contribution is -0.384. The van der Waals surface area contributed by atoms with Gasteiger partial charge in [0.05, 0.1) is 27.9 Å². The number of para-hydroxylation sites is 1. The van der Waals surface area contributed by atoms with Crippen molar-refractivity contribution in [2.45, 2.75) is 0 Å². The summed E-state index contributed by atoms with van der Waals surface area (Å²) in [5.41, 5.74) is 5.14. The average molecular weight is 432 g/mol. The summed E-state index contributed by atoms with van der Waals surface area (Å²) in [4.78, 5) is 31.9. The summed E-state index contributed by atoms with van der Waals surface area (Å²) < 4.78 is 0. The van der Waals surface area contributed by atoms with Crippen LogP contribution in [0.15, 0.2) is 78.2 Å². The van der Waals surface area contributed by atoms with Crippen molar-refractivity contribution in [2.75, 3.05) is 0 Å². The molecule has 0 saturated heterocycles. The van der Waals surface area contributed by atoms with E-state index in [9.17, 15) is 14.9 Å². The summed E-state index contributed by atoms with van der Waals surface area (Å²) in [6.45, 7) is 0. The fourth-order valence-electron chi connectivity index (χ4n) is 3.00. The van der Waals surface area contributed by atoms with Gasteiger partial charge in [0.25, 0.3) is 11.6 Å². The number of nitro groups is 1. The number of fused-ring (bicyclic) bond motifs is 1. The van der Waals surface area contributed by atoms with Crippen LogP contribution in [0.5, 0.6) is 0 Å². The molecule has 8 nitrogen and oxygen atoms in total. The van der Waals surface area contributed by atoms with Gasteiger partial charge in [-0.15, -0.1) is 0 Å². The summed E-state index contributed by atoms with van der Waals surface area (Å²) in [5, 5.41) is 15.8. The number of aromatic nitrogens is 2. The van der Waals surface area contributed by atoms with Crippen LogP contribution >= 0.6 is 11.6 Å². The molecule has 2 aromatic heterocycles. The van der Waals surface area contributed by atoms with Crippen LogP contribution < -0.4 is 5.43 Å². The lowest BCUT2D eigenvalue weighted by atomic mass is 10.0. The normalized spacial score (nSPS) is 11.0. The van der Waals surface area contributed by atoms with E-state index in [2.05, 4.69) is 20.5 Å². The fraction of sp³-hybridized carbons (Fsp3) is 0. The molecule has 0 bridgehead atoms. The van der Waals surface area contributed by atoms with E-state index < -0.39 is 10.8 Å². The monoisotopic (exact) mass is 431 g/mol. The van der Waals surface area contributed by atoms with Gasteiger partial charge in [-0.2, -0.15) is 5.10 Å². The zero-order valence-electron chi connectivity index (χ0n) is 15.9. The summed E-state index contributed by atoms with van der Waals surface area (Å²) in [7, 11) is 0. The number of carbonyl (C=O) groups excluding carboxylic acids is 1. The number of amides is 1. The molecule has 2 aromatic carbocycles. The predicted molar refractivity (Wildman–Crippen MR) is 118 cm³/mol. The Morgan fingerprint density at radius 2 is 1.87 bits per heavy atom. The molecule has 9 heteroatoms. The van der Waals surface area contributed by atoms with Crippen molar-refractivity contribution in [1.82, 2.24) is 15.4 Å². The molecule has 0 fully saturated rings. The molecule has 0 aliphatic rings. The standard InChI is InChI=1S/C22H14ClN5O3/c23-19-6-5-16(28(30)31)11-15(19)13-25-27-22(29)18-12-21(14-7-9-24-10-8-14)26-20-4-2-1-3-17(18)20/h1-13H,(H,27,29)/b25-13+. The number of hydrogen-bond donors (Lipinski definition) is 1. The van der Waals surface area contributed by atoms with Gasteiger partial charge < -0.3 is 0 Å². The van der Waals surface area contributed by atoms with Gasteiger partial charge in [0, 0.05) is 46.1 Å². The number of pyridine rings is 2. The van der Waals surface area contributed by atoms with E-state index in [1.54, 1.807) is 36.7 Å². The number of nitrogens with zero attached hydrogens (tertiary/aromatic N) is 4. The third kappa shape index (κ3) is 4.39. The van der Waals surface area contributed by atoms with Crippen LogP contribution in [0.25, 0.3) is 22.2 Å². The number of hydrazone groups is 1. The highest BCUT2D eigenvalue weighted by Gasteiger charge is 2.14. The molecular weight excluding hydrogens is 418 g/mol. The van der Waals surface area contributed by atoms with E-state index in [-0.39, 0.29) is 10.7 Å². The highest BCUT2D eigenvalue weighted by Crippen LogP contribution is 2.25. The molecule has 0 spiro atoms. The summed E-state index contributed by atoms with van der Waals surface area (Å²) >= 11 is 6.06. The molecule has 4 rings (SSSR count). The maximum absolute atomic E-state index is 12.9. The van der Waals surface area contributed by atoms with Gasteiger partial charge in [0.1, 0.15) is 0 Å². The van der Waals surface area contributed by atoms with Crippen LogP contribution in [-0.4, -0.2) is 27.0 Å². The predicted octanol–water partition coefficient (Wildman–Crippen LogP) is 4.62. The summed E-state index contributed by atoms with van der Waals surface area (Å²) in [6, 6.07) is 16.6. The minimum atomic E-state index is -0.532. The lowest BCUT2D eigenvalue weighted by Crippen LogP contribution is -2.18. The van der Waals surface area contributed by atoms with Crippen molar-refractivity contribution in [2.24, 2.45) is 5.10 Å². The van der Waals surface area contributed by atoms with Gasteiger partial charge in [0.2, 0.25) is 0 Å². The second-order valence-corrected chi connectivity index (χ2v) is 6.88. The molecular formula is C22H14ClN5O3. The zero-order chi connectivity index (χ0) is 21.8. The van der Waals surface area contributed by atoms with Crippen LogP contribution in [0, 0.1) is 10.1 Å². The van der Waals surface area contributed by atoms with E-state index in [4.69, 9.17) is 11.6 Å². The first-order valence-electron chi connectivity index (χ1n) is 9.10. The van der Waals surface area contributed by atoms with Crippen molar-refractivity contribution >= 4 is 40.3 Å². The van der Waals surface area contributed by atoms with Crippen molar-refractivity contribution in [3.63, 3.8) is 0 Å². The highest BCUT2D eigenvalue weighted by molar-refractivity contribution is 6.33. The molecule has 0 atom stereocenters. The number of carbonyl (C=O) groups is 1. The molecule has 0 aliphatic heterocycles. The molecule has 1 N–H and O–H groups in total. The van der Waals surface area contributed by atoms with Crippen molar-refractivity contribution in [3.05, 3.63) is 99.3 Å². The Labute approximate surface area is 181 Å². The number of hydrogen-bond acceptors (Lipinski definition) is 6. The Kier molecular flexibility index (Phi) is 5.63. The number of rotatable bonds is 5. The number of nitrogens with one attached hydrogen (secondary N) is 1. The molecule has 0 unspecified atom stereocenters. The molecule has 1 amide bonds. The third-order valence-corrected chi connectivity index (χ3v) is 4.84. The molecule has 152 valence electrons. The molecule has 0 aliphatic carbocycles. The fourth-order valence-corrected chi connectivity index (χ4v) is 3.16. The third-order valence-electron chi connectivity index (χ3n) is 4.50. The summed E-state index contributed by atoms with van der Waals surface area (Å²) in [5.74, 6) is -0.452. The number of non-ortho nitro benzene ring substituents is 1. The van der Waals surface area contributed by atoms with Gasteiger partial charge in [-0.25, -0.2) is 10.4 Å². The van der Waals surface area contributed by atoms with Crippen LogP contribution in [0.4, 0.5) is 5.69 Å². The van der Waals surface area contributed by atoms with E-state index in [0.29, 0.717) is 27.7 Å². The van der Waals surface area contributed by atoms with E-state index in [0.717, 1.165) is 5.56 Å². The lowest BCUT2D eigenvalue weighted by Gasteiger charge is -2.09. The number of benzene rings is 2. The Hall–Kier alpha value is -4.17. The Bertz CT molecular complexity index is 1330. The second kappa shape index (κ2) is 8.68. The molecule has 2 heterocycles. The first kappa shape index (κ1) is 20.1. The Morgan fingerprint density at radius 3 is 2.65 bits per heavy atom. The summed E-state index contributed by atoms with van der Waals surface area (Å²) in [6.07, 6.45) is 4.57. The zero-order valence-corrected chi connectivity index (χ0v) is 16.7. The van der Waals surface area contributed by atoms with Gasteiger partial charge >= 0.3 is 0 Å². The first-order chi connectivity index (χ1) is 15.0. The van der Waals surface area contributed by atoms with Crippen LogP contribution in [0.2, 0.25) is 5.02 Å². The minimum Gasteiger partial charge on any atom is -0.267 e. The van der Waals surface area contributed by atoms with E-state index in [1.165, 1.54) is 24.4 Å². The van der Waals surface area contributed by atoms with Crippen molar-refractivity contribution in [1.29, 1.82) is 0 Å². The molecule has 4 aromatic rings. The Balaban J connectivity index is 1.66. The van der Waals surface area contributed by atoms with Crippen molar-refractivity contribution in [3.8, 4) is 11.3 Å². The first-order valence-corrected chi connectivity index (χ1v) is 9.48. The Morgan fingerprint density at radius 1 is 1.10 bits per heavy atom. The smallest absolute Gasteiger partial charge is 0.267 e. The molecule has 31 heavy (non-hydrogen) atoms. The highest BCUT2D eigenvalue weighted by atomic mass is 35.5. The van der Waals surface area contributed by atoms with Crippen LogP contribution in [0.3, 0.4) is 0 Å². The average Bonchev–Trinajstić information content (AvgIpc) is 2.79. The van der Waals surface area contributed by atoms with Crippen LogP contribution in [0.1, 0.15) is 15.9 Å². The van der Waals surface area contributed by atoms with E-state index in [1.807, 2.05) is 18.2 Å². The maximum Gasteiger partial charge on any atom is 0.272 e. The molecule has 0 radical (unpaired) electrons. The van der Waals surface area contributed by atoms with Gasteiger partial charge in [-0.05, 0) is 30.3 Å². The van der Waals surface area contributed by atoms with Gasteiger partial charge in [0.15, 0.2) is 0 Å². The molecule has 0 saturated carbocycles. The minimum absolute atomic E-state index is 0.126. The van der Waals surface area contributed by atoms with Gasteiger partial charge in [-0.3, -0.25) is 19.9 Å². The largest absolute Gasteiger partial charge is 0.272 e. The maximum atomic E-state index is 12.9. The topological polar surface area (TPSA) is 110 Å². The van der Waals surface area contributed by atoms with Crippen LogP contribution in [-0.2, 0) is 0 Å². The SMILES string of the molecule is O=C(N/N=C/c1cc([N+](=O)[O-])ccc1Cl)c1cc(-c2ccncc2)nc2ccccc12.